The fraction of sp³-hybridized carbons (Fsp3) is 0.500. The molecule has 0 aliphatic carbocycles. The minimum Gasteiger partial charge on any atom is -0.378 e. The summed E-state index contributed by atoms with van der Waals surface area (Å²) in [5, 5.41) is 9.59. The van der Waals surface area contributed by atoms with Crippen LogP contribution < -0.4 is 0 Å². The number of hydrogen-bond donors (Lipinski definition) is 0. The number of nitriles is 1. The van der Waals surface area contributed by atoms with E-state index in [0.717, 1.165) is 49.1 Å². The number of amides is 1. The van der Waals surface area contributed by atoms with Crippen LogP contribution in [0.25, 0.3) is 5.52 Å². The molecule has 2 aliphatic rings. The maximum atomic E-state index is 12.8. The first-order valence-corrected chi connectivity index (χ1v) is 9.34. The number of nitrogens with zero attached hydrogens (tertiary/aromatic N) is 4. The first kappa shape index (κ1) is 17.1. The predicted molar refractivity (Wildman–Crippen MR) is 97.5 cm³/mol. The molecule has 0 saturated carbocycles. The van der Waals surface area contributed by atoms with Crippen molar-refractivity contribution in [2.24, 2.45) is 5.92 Å². The Bertz CT molecular complexity index is 832. The van der Waals surface area contributed by atoms with Crippen LogP contribution in [0.3, 0.4) is 0 Å². The van der Waals surface area contributed by atoms with E-state index < -0.39 is 0 Å². The van der Waals surface area contributed by atoms with Crippen molar-refractivity contribution in [1.29, 1.82) is 5.26 Å². The third-order valence-corrected chi connectivity index (χ3v) is 5.45. The van der Waals surface area contributed by atoms with Gasteiger partial charge in [0.1, 0.15) is 6.07 Å². The molecule has 0 aromatic carbocycles. The summed E-state index contributed by atoms with van der Waals surface area (Å²) < 4.78 is 7.36. The van der Waals surface area contributed by atoms with Gasteiger partial charge in [0.15, 0.2) is 0 Å². The van der Waals surface area contributed by atoms with E-state index in [4.69, 9.17) is 4.74 Å². The van der Waals surface area contributed by atoms with Gasteiger partial charge in [-0.15, -0.1) is 0 Å². The van der Waals surface area contributed by atoms with Crippen LogP contribution in [0.1, 0.15) is 24.0 Å². The van der Waals surface area contributed by atoms with Gasteiger partial charge < -0.3 is 14.0 Å². The van der Waals surface area contributed by atoms with Crippen molar-refractivity contribution < 1.29 is 9.53 Å². The number of hydrogen-bond acceptors (Lipinski definition) is 4. The lowest BCUT2D eigenvalue weighted by Crippen LogP contribution is -2.48. The van der Waals surface area contributed by atoms with Gasteiger partial charge in [-0.3, -0.25) is 9.69 Å². The van der Waals surface area contributed by atoms with Gasteiger partial charge in [0, 0.05) is 44.1 Å². The molecule has 4 heterocycles. The molecule has 0 spiro atoms. The fourth-order valence-corrected chi connectivity index (χ4v) is 4.11. The van der Waals surface area contributed by atoms with Crippen molar-refractivity contribution in [3.63, 3.8) is 0 Å². The summed E-state index contributed by atoms with van der Waals surface area (Å²) in [5.41, 5.74) is 2.73. The summed E-state index contributed by atoms with van der Waals surface area (Å²) in [7, 11) is 0. The summed E-state index contributed by atoms with van der Waals surface area (Å²) in [6.45, 7) is 5.17. The Kier molecular flexibility index (Phi) is 4.91. The lowest BCUT2D eigenvalue weighted by Gasteiger charge is -2.36. The van der Waals surface area contributed by atoms with E-state index in [1.165, 1.54) is 0 Å². The molecule has 2 aromatic heterocycles. The molecular formula is C20H24N4O2. The van der Waals surface area contributed by atoms with Gasteiger partial charge in [-0.05, 0) is 31.5 Å². The Balaban J connectivity index is 1.47. The second kappa shape index (κ2) is 7.48. The Morgan fingerprint density at radius 1 is 1.27 bits per heavy atom. The average Bonchev–Trinajstić information content (AvgIpc) is 3.05. The molecule has 2 aliphatic heterocycles. The largest absolute Gasteiger partial charge is 0.378 e. The van der Waals surface area contributed by atoms with Gasteiger partial charge >= 0.3 is 0 Å². The van der Waals surface area contributed by atoms with Crippen molar-refractivity contribution >= 4 is 11.4 Å². The second-order valence-electron chi connectivity index (χ2n) is 7.15. The van der Waals surface area contributed by atoms with Crippen LogP contribution in [0.2, 0.25) is 0 Å². The smallest absolute Gasteiger partial charge is 0.227 e. The van der Waals surface area contributed by atoms with Crippen LogP contribution in [0.15, 0.2) is 30.6 Å². The molecule has 136 valence electrons. The number of pyridine rings is 1. The minimum atomic E-state index is 0.0596. The monoisotopic (exact) mass is 352 g/mol. The lowest BCUT2D eigenvalue weighted by molar-refractivity contribution is -0.141. The highest BCUT2D eigenvalue weighted by Gasteiger charge is 2.30. The first-order valence-electron chi connectivity index (χ1n) is 9.34. The topological polar surface area (TPSA) is 61.0 Å². The molecule has 2 aromatic rings. The number of aromatic nitrogens is 1. The van der Waals surface area contributed by atoms with Gasteiger partial charge in [-0.25, -0.2) is 0 Å². The highest BCUT2D eigenvalue weighted by atomic mass is 16.5. The number of carbonyl (C=O) groups is 1. The Morgan fingerprint density at radius 2 is 2.12 bits per heavy atom. The van der Waals surface area contributed by atoms with Crippen LogP contribution in [0, 0.1) is 17.2 Å². The molecule has 0 bridgehead atoms. The molecule has 0 N–H and O–H groups in total. The van der Waals surface area contributed by atoms with Gasteiger partial charge in [-0.2, -0.15) is 5.26 Å². The number of fused-ring (bicyclic) bond motifs is 1. The molecule has 1 unspecified atom stereocenters. The summed E-state index contributed by atoms with van der Waals surface area (Å²) in [6.07, 6.45) is 5.99. The van der Waals surface area contributed by atoms with Crippen molar-refractivity contribution in [2.75, 3.05) is 39.4 Å². The summed E-state index contributed by atoms with van der Waals surface area (Å²) in [4.78, 5) is 17.1. The number of likely N-dealkylation sites (tertiary alicyclic amines) is 1. The van der Waals surface area contributed by atoms with E-state index in [0.29, 0.717) is 26.3 Å². The summed E-state index contributed by atoms with van der Waals surface area (Å²) in [5.74, 6) is 0.324. The third-order valence-electron chi connectivity index (χ3n) is 5.45. The van der Waals surface area contributed by atoms with Gasteiger partial charge in [0.2, 0.25) is 5.91 Å². The highest BCUT2D eigenvalue weighted by Crippen LogP contribution is 2.24. The van der Waals surface area contributed by atoms with Crippen LogP contribution in [0.4, 0.5) is 0 Å². The van der Waals surface area contributed by atoms with Gasteiger partial charge in [-0.1, -0.05) is 6.07 Å². The normalized spacial score (nSPS) is 21.7. The standard InChI is InChI=1S/C20H24N4O2/c21-12-18-17(15-24-7-2-1-5-19(18)24)14-22-6-3-4-16(13-22)20(25)23-8-10-26-11-9-23/h1-2,5,7,15-16H,3-4,6,8-11,13-14H2. The Labute approximate surface area is 153 Å². The SMILES string of the molecule is N#Cc1c(CN2CCCC(C(=O)N3CCOCC3)C2)cn2ccccc12. The number of ether oxygens (including phenoxy) is 1. The molecule has 2 saturated heterocycles. The quantitative estimate of drug-likeness (QED) is 0.846. The molecule has 6 nitrogen and oxygen atoms in total. The maximum Gasteiger partial charge on any atom is 0.227 e. The zero-order chi connectivity index (χ0) is 17.9. The van der Waals surface area contributed by atoms with Gasteiger partial charge in [0.05, 0.1) is 30.2 Å². The molecule has 1 atom stereocenters. The van der Waals surface area contributed by atoms with E-state index in [1.807, 2.05) is 39.9 Å². The molecule has 6 heteroatoms. The molecule has 0 radical (unpaired) electrons. The number of rotatable bonds is 3. The van der Waals surface area contributed by atoms with Crippen molar-refractivity contribution in [1.82, 2.24) is 14.2 Å². The second-order valence-corrected chi connectivity index (χ2v) is 7.15. The van der Waals surface area contributed by atoms with Crippen LogP contribution >= 0.6 is 0 Å². The molecule has 2 fully saturated rings. The first-order chi connectivity index (χ1) is 12.8. The van der Waals surface area contributed by atoms with E-state index in [1.54, 1.807) is 0 Å². The minimum absolute atomic E-state index is 0.0596. The Hall–Kier alpha value is -2.36. The van der Waals surface area contributed by atoms with Crippen LogP contribution in [0.5, 0.6) is 0 Å². The number of piperidine rings is 1. The molecule has 1 amide bonds. The van der Waals surface area contributed by atoms with E-state index >= 15 is 0 Å². The highest BCUT2D eigenvalue weighted by molar-refractivity contribution is 5.79. The number of morpholine rings is 1. The molecular weight excluding hydrogens is 328 g/mol. The summed E-state index contributed by atoms with van der Waals surface area (Å²) in [6, 6.07) is 8.26. The predicted octanol–water partition coefficient (Wildman–Crippen LogP) is 1.88. The van der Waals surface area contributed by atoms with Crippen LogP contribution in [-0.4, -0.2) is 59.5 Å². The van der Waals surface area contributed by atoms with E-state index in [2.05, 4.69) is 11.0 Å². The molecule has 4 rings (SSSR count). The summed E-state index contributed by atoms with van der Waals surface area (Å²) >= 11 is 0. The molecule has 26 heavy (non-hydrogen) atoms. The average molecular weight is 352 g/mol. The fourth-order valence-electron chi connectivity index (χ4n) is 4.11. The van der Waals surface area contributed by atoms with Crippen molar-refractivity contribution in [3.05, 3.63) is 41.7 Å². The maximum absolute atomic E-state index is 12.8. The number of carbonyl (C=O) groups excluding carboxylic acids is 1. The van der Waals surface area contributed by atoms with E-state index in [9.17, 15) is 10.1 Å². The zero-order valence-electron chi connectivity index (χ0n) is 14.9. The van der Waals surface area contributed by atoms with Crippen LogP contribution in [-0.2, 0) is 16.1 Å². The van der Waals surface area contributed by atoms with Gasteiger partial charge in [0.25, 0.3) is 0 Å². The Morgan fingerprint density at radius 3 is 2.92 bits per heavy atom. The zero-order valence-corrected chi connectivity index (χ0v) is 14.9. The third kappa shape index (κ3) is 3.33. The van der Waals surface area contributed by atoms with Crippen molar-refractivity contribution in [3.8, 4) is 6.07 Å². The lowest BCUT2D eigenvalue weighted by atomic mass is 9.95. The van der Waals surface area contributed by atoms with E-state index in [-0.39, 0.29) is 11.8 Å². The van der Waals surface area contributed by atoms with Crippen molar-refractivity contribution in [2.45, 2.75) is 19.4 Å².